The molecule has 1 nitrogen and oxygen atoms in total. The van der Waals surface area contributed by atoms with Crippen LogP contribution in [0.5, 0.6) is 0 Å². The predicted octanol–water partition coefficient (Wildman–Crippen LogP) is 6.40. The highest BCUT2D eigenvalue weighted by atomic mass is 15.2. The SMILES string of the molecule is C=C(C)[C@@H](CC)CN(C(CC)CC)C(C)c1ccc(CC)cc1. The third-order valence-corrected chi connectivity index (χ3v) is 5.40. The lowest BCUT2D eigenvalue weighted by atomic mass is 9.94. The zero-order valence-electron chi connectivity index (χ0n) is 16.2. The lowest BCUT2D eigenvalue weighted by Crippen LogP contribution is -2.40. The van der Waals surface area contributed by atoms with Gasteiger partial charge in [0.25, 0.3) is 0 Å². The molecule has 0 fully saturated rings. The molecule has 2 atom stereocenters. The standard InChI is InChI=1S/C22H37N/c1-8-19-12-14-21(15-13-19)18(7)23(22(10-3)11-4)16-20(9-2)17(5)6/h12-15,18,20,22H,5,8-11,16H2,1-4,6-7H3/t18?,20-/m0/s1. The molecule has 1 unspecified atom stereocenters. The Morgan fingerprint density at radius 1 is 1.00 bits per heavy atom. The highest BCUT2D eigenvalue weighted by molar-refractivity contribution is 5.25. The first kappa shape index (κ1) is 20.0. The van der Waals surface area contributed by atoms with Crippen molar-refractivity contribution in [2.45, 2.75) is 79.3 Å². The van der Waals surface area contributed by atoms with Crippen molar-refractivity contribution in [3.63, 3.8) is 0 Å². The molecule has 0 N–H and O–H groups in total. The second-order valence-electron chi connectivity index (χ2n) is 6.89. The number of rotatable bonds is 10. The van der Waals surface area contributed by atoms with Crippen molar-refractivity contribution < 1.29 is 0 Å². The van der Waals surface area contributed by atoms with Gasteiger partial charge in [0.1, 0.15) is 0 Å². The van der Waals surface area contributed by atoms with Crippen LogP contribution in [0.3, 0.4) is 0 Å². The Labute approximate surface area is 144 Å². The molecule has 0 saturated carbocycles. The highest BCUT2D eigenvalue weighted by Gasteiger charge is 2.25. The molecular weight excluding hydrogens is 278 g/mol. The zero-order valence-corrected chi connectivity index (χ0v) is 16.2. The molecule has 1 heteroatoms. The van der Waals surface area contributed by atoms with E-state index in [0.717, 1.165) is 13.0 Å². The van der Waals surface area contributed by atoms with Gasteiger partial charge in [0.2, 0.25) is 0 Å². The van der Waals surface area contributed by atoms with Gasteiger partial charge in [-0.15, -0.1) is 0 Å². The van der Waals surface area contributed by atoms with E-state index < -0.39 is 0 Å². The maximum Gasteiger partial charge on any atom is 0.0323 e. The van der Waals surface area contributed by atoms with E-state index in [1.165, 1.54) is 36.0 Å². The van der Waals surface area contributed by atoms with Crippen LogP contribution in [0.4, 0.5) is 0 Å². The van der Waals surface area contributed by atoms with Gasteiger partial charge < -0.3 is 0 Å². The summed E-state index contributed by atoms with van der Waals surface area (Å²) in [6, 6.07) is 10.3. The number of benzene rings is 1. The van der Waals surface area contributed by atoms with Gasteiger partial charge in [-0.1, -0.05) is 64.1 Å². The van der Waals surface area contributed by atoms with Crippen LogP contribution >= 0.6 is 0 Å². The molecule has 23 heavy (non-hydrogen) atoms. The van der Waals surface area contributed by atoms with E-state index in [0.29, 0.717) is 18.0 Å². The van der Waals surface area contributed by atoms with Crippen LogP contribution in [-0.4, -0.2) is 17.5 Å². The Morgan fingerprint density at radius 2 is 1.57 bits per heavy atom. The Bertz CT molecular complexity index is 455. The molecule has 0 amide bonds. The maximum absolute atomic E-state index is 4.22. The summed E-state index contributed by atoms with van der Waals surface area (Å²) < 4.78 is 0. The van der Waals surface area contributed by atoms with Crippen molar-refractivity contribution in [2.75, 3.05) is 6.54 Å². The summed E-state index contributed by atoms with van der Waals surface area (Å²) in [7, 11) is 0. The summed E-state index contributed by atoms with van der Waals surface area (Å²) in [6.07, 6.45) is 4.70. The molecule has 1 aromatic carbocycles. The average molecular weight is 316 g/mol. The number of nitrogens with zero attached hydrogens (tertiary/aromatic N) is 1. The van der Waals surface area contributed by atoms with Crippen molar-refractivity contribution in [1.82, 2.24) is 4.90 Å². The first-order valence-electron chi connectivity index (χ1n) is 9.48. The van der Waals surface area contributed by atoms with Crippen molar-refractivity contribution in [1.29, 1.82) is 0 Å². The largest absolute Gasteiger partial charge is 0.293 e. The molecule has 0 radical (unpaired) electrons. The normalized spacial score (nSPS) is 14.3. The average Bonchev–Trinajstić information content (AvgIpc) is 2.57. The molecule has 1 aromatic rings. The van der Waals surface area contributed by atoms with Crippen LogP contribution in [0.15, 0.2) is 36.4 Å². The minimum atomic E-state index is 0.458. The Morgan fingerprint density at radius 3 is 1.96 bits per heavy atom. The highest BCUT2D eigenvalue weighted by Crippen LogP contribution is 2.28. The van der Waals surface area contributed by atoms with E-state index in [-0.39, 0.29) is 0 Å². The molecule has 0 aliphatic heterocycles. The Balaban J connectivity index is 3.03. The topological polar surface area (TPSA) is 3.24 Å². The molecule has 0 spiro atoms. The van der Waals surface area contributed by atoms with Gasteiger partial charge in [-0.05, 0) is 56.6 Å². The third-order valence-electron chi connectivity index (χ3n) is 5.40. The first-order valence-corrected chi connectivity index (χ1v) is 9.48. The van der Waals surface area contributed by atoms with Crippen LogP contribution in [0.2, 0.25) is 0 Å². The Kier molecular flexibility index (Phi) is 8.62. The summed E-state index contributed by atoms with van der Waals surface area (Å²) in [4.78, 5) is 2.71. The molecule has 1 rings (SSSR count). The lowest BCUT2D eigenvalue weighted by Gasteiger charge is -2.38. The predicted molar refractivity (Wildman–Crippen MR) is 104 cm³/mol. The molecule has 0 aliphatic rings. The van der Waals surface area contributed by atoms with Crippen LogP contribution in [0.25, 0.3) is 0 Å². The lowest BCUT2D eigenvalue weighted by molar-refractivity contribution is 0.117. The van der Waals surface area contributed by atoms with Crippen molar-refractivity contribution in [3.8, 4) is 0 Å². The van der Waals surface area contributed by atoms with Crippen LogP contribution < -0.4 is 0 Å². The summed E-state index contributed by atoms with van der Waals surface area (Å²) in [5.41, 5.74) is 4.17. The van der Waals surface area contributed by atoms with E-state index in [2.05, 4.69) is 77.3 Å². The number of aryl methyl sites for hydroxylation is 1. The smallest absolute Gasteiger partial charge is 0.0323 e. The van der Waals surface area contributed by atoms with Crippen molar-refractivity contribution in [2.24, 2.45) is 5.92 Å². The first-order chi connectivity index (χ1) is 11.0. The second-order valence-corrected chi connectivity index (χ2v) is 6.89. The quantitative estimate of drug-likeness (QED) is 0.451. The summed E-state index contributed by atoms with van der Waals surface area (Å²) in [5.74, 6) is 0.591. The van der Waals surface area contributed by atoms with Gasteiger partial charge in [-0.2, -0.15) is 0 Å². The van der Waals surface area contributed by atoms with Crippen LogP contribution in [0.1, 0.15) is 78.0 Å². The van der Waals surface area contributed by atoms with Crippen LogP contribution in [0, 0.1) is 5.92 Å². The van der Waals surface area contributed by atoms with E-state index in [1.807, 2.05) is 0 Å². The summed E-state index contributed by atoms with van der Waals surface area (Å²) in [6.45, 7) is 19.0. The zero-order chi connectivity index (χ0) is 17.4. The van der Waals surface area contributed by atoms with Gasteiger partial charge in [0.05, 0.1) is 0 Å². The third kappa shape index (κ3) is 5.49. The fraction of sp³-hybridized carbons (Fsp3) is 0.636. The maximum atomic E-state index is 4.22. The van der Waals surface area contributed by atoms with Gasteiger partial charge in [0.15, 0.2) is 0 Å². The van der Waals surface area contributed by atoms with E-state index in [9.17, 15) is 0 Å². The summed E-state index contributed by atoms with van der Waals surface area (Å²) >= 11 is 0. The molecule has 0 saturated heterocycles. The van der Waals surface area contributed by atoms with Crippen LogP contribution in [-0.2, 0) is 6.42 Å². The van der Waals surface area contributed by atoms with Crippen molar-refractivity contribution >= 4 is 0 Å². The number of hydrogen-bond acceptors (Lipinski definition) is 1. The minimum Gasteiger partial charge on any atom is -0.293 e. The van der Waals surface area contributed by atoms with Gasteiger partial charge >= 0.3 is 0 Å². The van der Waals surface area contributed by atoms with Gasteiger partial charge in [-0.3, -0.25) is 4.90 Å². The second kappa shape index (κ2) is 9.93. The molecule has 0 heterocycles. The van der Waals surface area contributed by atoms with E-state index in [4.69, 9.17) is 0 Å². The van der Waals surface area contributed by atoms with Gasteiger partial charge in [-0.25, -0.2) is 0 Å². The monoisotopic (exact) mass is 315 g/mol. The molecule has 0 aromatic heterocycles. The molecule has 130 valence electrons. The summed E-state index contributed by atoms with van der Waals surface area (Å²) in [5, 5.41) is 0. The minimum absolute atomic E-state index is 0.458. The molecule has 0 bridgehead atoms. The fourth-order valence-corrected chi connectivity index (χ4v) is 3.49. The Hall–Kier alpha value is -1.08. The van der Waals surface area contributed by atoms with E-state index in [1.54, 1.807) is 0 Å². The van der Waals surface area contributed by atoms with Crippen molar-refractivity contribution in [3.05, 3.63) is 47.5 Å². The number of hydrogen-bond donors (Lipinski definition) is 0. The molecule has 0 aliphatic carbocycles. The van der Waals surface area contributed by atoms with Gasteiger partial charge in [0, 0.05) is 18.6 Å². The fourth-order valence-electron chi connectivity index (χ4n) is 3.49. The molecular formula is C22H37N. The van der Waals surface area contributed by atoms with E-state index >= 15 is 0 Å².